The third kappa shape index (κ3) is 4.13. The summed E-state index contributed by atoms with van der Waals surface area (Å²) >= 11 is 0. The van der Waals surface area contributed by atoms with Crippen LogP contribution in [0.1, 0.15) is 59.3 Å². The van der Waals surface area contributed by atoms with E-state index in [1.165, 1.54) is 19.3 Å². The van der Waals surface area contributed by atoms with E-state index < -0.39 is 0 Å². The van der Waals surface area contributed by atoms with Crippen LogP contribution in [0.15, 0.2) is 0 Å². The van der Waals surface area contributed by atoms with Crippen LogP contribution >= 0.6 is 0 Å². The van der Waals surface area contributed by atoms with E-state index in [1.54, 1.807) is 0 Å². The average molecular weight is 311 g/mol. The lowest BCUT2D eigenvalue weighted by atomic mass is 9.86. The molecule has 1 aliphatic heterocycles. The summed E-state index contributed by atoms with van der Waals surface area (Å²) in [6.45, 7) is 9.50. The quantitative estimate of drug-likeness (QED) is 0.728. The molecule has 5 nitrogen and oxygen atoms in total. The van der Waals surface area contributed by atoms with Gasteiger partial charge in [0.1, 0.15) is 0 Å². The third-order valence-corrected chi connectivity index (χ3v) is 5.64. The van der Waals surface area contributed by atoms with Gasteiger partial charge in [0.05, 0.1) is 6.61 Å². The molecule has 2 amide bonds. The van der Waals surface area contributed by atoms with Gasteiger partial charge in [-0.3, -0.25) is 4.90 Å². The molecule has 1 heterocycles. The van der Waals surface area contributed by atoms with E-state index in [-0.39, 0.29) is 29.6 Å². The van der Waals surface area contributed by atoms with Gasteiger partial charge in [-0.1, -0.05) is 19.8 Å². The lowest BCUT2D eigenvalue weighted by Crippen LogP contribution is -2.56. The molecule has 2 aliphatic rings. The molecule has 0 aromatic carbocycles. The molecule has 2 fully saturated rings. The molecule has 128 valence electrons. The third-order valence-electron chi connectivity index (χ3n) is 5.64. The van der Waals surface area contributed by atoms with E-state index in [4.69, 9.17) is 0 Å². The number of hydrogen-bond donors (Lipinski definition) is 3. The molecule has 2 unspecified atom stereocenters. The molecular formula is C17H33N3O2. The Bertz CT molecular complexity index is 380. The monoisotopic (exact) mass is 311 g/mol. The van der Waals surface area contributed by atoms with E-state index in [1.807, 2.05) is 0 Å². The van der Waals surface area contributed by atoms with Crippen molar-refractivity contribution in [1.82, 2.24) is 15.5 Å². The average Bonchev–Trinajstić information content (AvgIpc) is 2.88. The van der Waals surface area contributed by atoms with Crippen LogP contribution in [-0.4, -0.2) is 53.9 Å². The zero-order chi connectivity index (χ0) is 16.2. The highest BCUT2D eigenvalue weighted by molar-refractivity contribution is 5.74. The standard InChI is InChI=1S/C17H33N3O2/c1-16(2,20-10-5-4-6-11-20)12-18-15(22)19-14-8-7-9-17(14,3)13-21/h14,21H,4-13H2,1-3H3,(H2,18,19,22). The summed E-state index contributed by atoms with van der Waals surface area (Å²) in [6.07, 6.45) is 6.84. The molecule has 1 saturated heterocycles. The van der Waals surface area contributed by atoms with Gasteiger partial charge in [-0.15, -0.1) is 0 Å². The summed E-state index contributed by atoms with van der Waals surface area (Å²) < 4.78 is 0. The van der Waals surface area contributed by atoms with Crippen LogP contribution in [0.2, 0.25) is 0 Å². The predicted octanol–water partition coefficient (Wildman–Crippen LogP) is 2.10. The van der Waals surface area contributed by atoms with Crippen molar-refractivity contribution < 1.29 is 9.90 Å². The number of piperidine rings is 1. The summed E-state index contributed by atoms with van der Waals surface area (Å²) in [7, 11) is 0. The number of amides is 2. The number of likely N-dealkylation sites (tertiary alicyclic amines) is 1. The van der Waals surface area contributed by atoms with Crippen LogP contribution in [-0.2, 0) is 0 Å². The molecule has 22 heavy (non-hydrogen) atoms. The number of urea groups is 1. The fraction of sp³-hybridized carbons (Fsp3) is 0.941. The number of nitrogens with one attached hydrogen (secondary N) is 2. The number of aliphatic hydroxyl groups is 1. The van der Waals surface area contributed by atoms with Crippen molar-refractivity contribution in [2.75, 3.05) is 26.2 Å². The van der Waals surface area contributed by atoms with Gasteiger partial charge in [-0.25, -0.2) is 4.79 Å². The molecule has 0 radical (unpaired) electrons. The number of hydrogen-bond acceptors (Lipinski definition) is 3. The van der Waals surface area contributed by atoms with Gasteiger partial charge < -0.3 is 15.7 Å². The molecule has 2 rings (SSSR count). The topological polar surface area (TPSA) is 64.6 Å². The zero-order valence-electron chi connectivity index (χ0n) is 14.5. The van der Waals surface area contributed by atoms with Gasteiger partial charge in [0.25, 0.3) is 0 Å². The van der Waals surface area contributed by atoms with E-state index in [0.29, 0.717) is 6.54 Å². The first-order chi connectivity index (χ1) is 10.4. The Kier molecular flexibility index (Phi) is 5.72. The lowest BCUT2D eigenvalue weighted by molar-refractivity contribution is 0.0943. The molecule has 0 spiro atoms. The van der Waals surface area contributed by atoms with Crippen LogP contribution < -0.4 is 10.6 Å². The lowest BCUT2D eigenvalue weighted by Gasteiger charge is -2.41. The first kappa shape index (κ1) is 17.5. The molecule has 1 saturated carbocycles. The van der Waals surface area contributed by atoms with Crippen molar-refractivity contribution in [3.63, 3.8) is 0 Å². The maximum atomic E-state index is 12.2. The highest BCUT2D eigenvalue weighted by Crippen LogP contribution is 2.37. The SMILES string of the molecule is CC1(CO)CCCC1NC(=O)NCC(C)(C)N1CCCCC1. The minimum absolute atomic E-state index is 0.00623. The minimum Gasteiger partial charge on any atom is -0.396 e. The van der Waals surface area contributed by atoms with Gasteiger partial charge in [0.2, 0.25) is 0 Å². The van der Waals surface area contributed by atoms with E-state index >= 15 is 0 Å². The number of nitrogens with zero attached hydrogens (tertiary/aromatic N) is 1. The zero-order valence-corrected chi connectivity index (χ0v) is 14.5. The van der Waals surface area contributed by atoms with Gasteiger partial charge >= 0.3 is 6.03 Å². The van der Waals surface area contributed by atoms with Crippen molar-refractivity contribution in [2.24, 2.45) is 5.41 Å². The molecule has 1 aliphatic carbocycles. The number of carbonyl (C=O) groups is 1. The second kappa shape index (κ2) is 7.18. The first-order valence-corrected chi connectivity index (χ1v) is 8.78. The van der Waals surface area contributed by atoms with Crippen LogP contribution in [0.4, 0.5) is 4.79 Å². The Labute approximate surface area is 134 Å². The second-order valence-electron chi connectivity index (χ2n) is 7.94. The van der Waals surface area contributed by atoms with Gasteiger partial charge in [0.15, 0.2) is 0 Å². The van der Waals surface area contributed by atoms with Gasteiger partial charge in [0, 0.05) is 23.5 Å². The van der Waals surface area contributed by atoms with Gasteiger partial charge in [-0.05, 0) is 52.6 Å². The Morgan fingerprint density at radius 1 is 1.27 bits per heavy atom. The van der Waals surface area contributed by atoms with Crippen molar-refractivity contribution in [3.05, 3.63) is 0 Å². The van der Waals surface area contributed by atoms with Gasteiger partial charge in [-0.2, -0.15) is 0 Å². The Balaban J connectivity index is 1.79. The van der Waals surface area contributed by atoms with Crippen molar-refractivity contribution in [3.8, 4) is 0 Å². The summed E-state index contributed by atoms with van der Waals surface area (Å²) in [5.41, 5.74) is -0.173. The fourth-order valence-corrected chi connectivity index (χ4v) is 3.79. The Morgan fingerprint density at radius 2 is 1.95 bits per heavy atom. The highest BCUT2D eigenvalue weighted by Gasteiger charge is 2.39. The maximum Gasteiger partial charge on any atom is 0.315 e. The summed E-state index contributed by atoms with van der Waals surface area (Å²) in [6, 6.07) is -0.0211. The summed E-state index contributed by atoms with van der Waals surface area (Å²) in [5.74, 6) is 0. The molecular weight excluding hydrogens is 278 g/mol. The first-order valence-electron chi connectivity index (χ1n) is 8.78. The Morgan fingerprint density at radius 3 is 2.59 bits per heavy atom. The molecule has 0 aromatic heterocycles. The second-order valence-corrected chi connectivity index (χ2v) is 7.94. The van der Waals surface area contributed by atoms with Crippen molar-refractivity contribution in [2.45, 2.75) is 70.9 Å². The molecule has 5 heteroatoms. The smallest absolute Gasteiger partial charge is 0.315 e. The number of rotatable bonds is 5. The summed E-state index contributed by atoms with van der Waals surface area (Å²) in [4.78, 5) is 14.7. The summed E-state index contributed by atoms with van der Waals surface area (Å²) in [5, 5.41) is 15.7. The van der Waals surface area contributed by atoms with Crippen LogP contribution in [0, 0.1) is 5.41 Å². The molecule has 0 aromatic rings. The van der Waals surface area contributed by atoms with Crippen LogP contribution in [0.5, 0.6) is 0 Å². The number of carbonyl (C=O) groups excluding carboxylic acids is 1. The van der Waals surface area contributed by atoms with Crippen LogP contribution in [0.3, 0.4) is 0 Å². The molecule has 0 bridgehead atoms. The van der Waals surface area contributed by atoms with Crippen LogP contribution in [0.25, 0.3) is 0 Å². The number of aliphatic hydroxyl groups excluding tert-OH is 1. The minimum atomic E-state index is -0.167. The van der Waals surface area contributed by atoms with E-state index in [9.17, 15) is 9.90 Å². The van der Waals surface area contributed by atoms with Crippen molar-refractivity contribution >= 4 is 6.03 Å². The highest BCUT2D eigenvalue weighted by atomic mass is 16.3. The molecule has 2 atom stereocenters. The molecule has 3 N–H and O–H groups in total. The Hall–Kier alpha value is -0.810. The maximum absolute atomic E-state index is 12.2. The van der Waals surface area contributed by atoms with E-state index in [0.717, 1.165) is 32.4 Å². The predicted molar refractivity (Wildman–Crippen MR) is 88.9 cm³/mol. The largest absolute Gasteiger partial charge is 0.396 e. The van der Waals surface area contributed by atoms with E-state index in [2.05, 4.69) is 36.3 Å². The van der Waals surface area contributed by atoms with Crippen molar-refractivity contribution in [1.29, 1.82) is 0 Å². The fourth-order valence-electron chi connectivity index (χ4n) is 3.79. The normalized spacial score (nSPS) is 30.3.